The van der Waals surface area contributed by atoms with E-state index in [1.165, 1.54) is 0 Å². The van der Waals surface area contributed by atoms with E-state index in [-0.39, 0.29) is 12.5 Å². The van der Waals surface area contributed by atoms with E-state index in [0.717, 1.165) is 16.7 Å². The third-order valence-corrected chi connectivity index (χ3v) is 2.92. The van der Waals surface area contributed by atoms with Crippen LogP contribution in [0.15, 0.2) is 18.2 Å². The third-order valence-electron chi connectivity index (χ3n) is 2.92. The van der Waals surface area contributed by atoms with Crippen molar-refractivity contribution >= 4 is 5.97 Å². The molecule has 0 bridgehead atoms. The summed E-state index contributed by atoms with van der Waals surface area (Å²) in [6, 6.07) is 5.55. The zero-order chi connectivity index (χ0) is 13.0. The molecule has 17 heavy (non-hydrogen) atoms. The van der Waals surface area contributed by atoms with Crippen LogP contribution in [0.5, 0.6) is 0 Å². The lowest BCUT2D eigenvalue weighted by Crippen LogP contribution is -2.38. The van der Waals surface area contributed by atoms with Gasteiger partial charge in [0.15, 0.2) is 0 Å². The Balaban J connectivity index is 3.00. The molecular weight excluding hydrogens is 216 g/mol. The number of carbonyl (C=O) groups is 1. The van der Waals surface area contributed by atoms with E-state index in [9.17, 15) is 4.79 Å². The van der Waals surface area contributed by atoms with Crippen LogP contribution < -0.4 is 11.1 Å². The van der Waals surface area contributed by atoms with Gasteiger partial charge in [-0.15, -0.1) is 0 Å². The second-order valence-corrected chi connectivity index (χ2v) is 4.39. The first-order chi connectivity index (χ1) is 7.95. The summed E-state index contributed by atoms with van der Waals surface area (Å²) < 4.78 is 0. The standard InChI is InChI=1S/C13H20N2O2/c1-8-4-5-9(2)10(6-8)13(15-3)11(14)7-12(16)17/h4-6,11,13,15H,7,14H2,1-3H3,(H,16,17). The quantitative estimate of drug-likeness (QED) is 0.721. The summed E-state index contributed by atoms with van der Waals surface area (Å²) >= 11 is 0. The number of carboxylic acid groups (broad SMARTS) is 1. The summed E-state index contributed by atoms with van der Waals surface area (Å²) in [5, 5.41) is 11.9. The Hall–Kier alpha value is -1.39. The van der Waals surface area contributed by atoms with Crippen LogP contribution in [0.4, 0.5) is 0 Å². The SMILES string of the molecule is CNC(c1cc(C)ccc1C)C(N)CC(=O)O. The van der Waals surface area contributed by atoms with Crippen LogP contribution in [0.2, 0.25) is 0 Å². The van der Waals surface area contributed by atoms with Gasteiger partial charge in [-0.2, -0.15) is 0 Å². The number of benzene rings is 1. The summed E-state index contributed by atoms with van der Waals surface area (Å²) in [5.41, 5.74) is 9.28. The molecule has 0 fully saturated rings. The normalized spacial score (nSPS) is 14.4. The van der Waals surface area contributed by atoms with Crippen molar-refractivity contribution in [3.63, 3.8) is 0 Å². The number of nitrogens with one attached hydrogen (secondary N) is 1. The average molecular weight is 236 g/mol. The van der Waals surface area contributed by atoms with Crippen LogP contribution in [0, 0.1) is 13.8 Å². The van der Waals surface area contributed by atoms with Crippen LogP contribution in [0.3, 0.4) is 0 Å². The molecule has 0 spiro atoms. The molecule has 0 aliphatic heterocycles. The number of aryl methyl sites for hydroxylation is 2. The second-order valence-electron chi connectivity index (χ2n) is 4.39. The number of hydrogen-bond acceptors (Lipinski definition) is 3. The van der Waals surface area contributed by atoms with Crippen molar-refractivity contribution in [2.24, 2.45) is 5.73 Å². The first-order valence-corrected chi connectivity index (χ1v) is 5.67. The number of likely N-dealkylation sites (N-methyl/N-ethyl adjacent to an activating group) is 1. The van der Waals surface area contributed by atoms with Gasteiger partial charge in [0.25, 0.3) is 0 Å². The van der Waals surface area contributed by atoms with E-state index in [2.05, 4.69) is 11.4 Å². The van der Waals surface area contributed by atoms with E-state index in [1.807, 2.05) is 26.0 Å². The molecule has 4 heteroatoms. The van der Waals surface area contributed by atoms with Crippen LogP contribution in [0.1, 0.15) is 29.2 Å². The summed E-state index contributed by atoms with van der Waals surface area (Å²) in [5.74, 6) is -0.872. The highest BCUT2D eigenvalue weighted by molar-refractivity contribution is 5.67. The van der Waals surface area contributed by atoms with E-state index in [1.54, 1.807) is 7.05 Å². The van der Waals surface area contributed by atoms with E-state index in [4.69, 9.17) is 10.8 Å². The molecule has 0 heterocycles. The molecule has 0 amide bonds. The molecular formula is C13H20N2O2. The van der Waals surface area contributed by atoms with Gasteiger partial charge in [0.1, 0.15) is 0 Å². The van der Waals surface area contributed by atoms with Crippen molar-refractivity contribution in [1.82, 2.24) is 5.32 Å². The number of carboxylic acids is 1. The first-order valence-electron chi connectivity index (χ1n) is 5.67. The third kappa shape index (κ3) is 3.54. The lowest BCUT2D eigenvalue weighted by Gasteiger charge is -2.24. The monoisotopic (exact) mass is 236 g/mol. The topological polar surface area (TPSA) is 75.3 Å². The summed E-state index contributed by atoms with van der Waals surface area (Å²) in [6.07, 6.45) is -0.0428. The molecule has 4 nitrogen and oxygen atoms in total. The highest BCUT2D eigenvalue weighted by atomic mass is 16.4. The molecule has 94 valence electrons. The minimum atomic E-state index is -0.872. The van der Waals surface area contributed by atoms with Gasteiger partial charge in [-0.3, -0.25) is 4.79 Å². The maximum absolute atomic E-state index is 10.7. The zero-order valence-corrected chi connectivity index (χ0v) is 10.5. The number of hydrogen-bond donors (Lipinski definition) is 3. The smallest absolute Gasteiger partial charge is 0.304 e. The average Bonchev–Trinajstić information content (AvgIpc) is 2.23. The summed E-state index contributed by atoms with van der Waals surface area (Å²) in [6.45, 7) is 4.02. The highest BCUT2D eigenvalue weighted by Gasteiger charge is 2.21. The number of rotatable bonds is 5. The minimum Gasteiger partial charge on any atom is -0.481 e. The molecule has 0 aromatic heterocycles. The molecule has 1 aromatic rings. The van der Waals surface area contributed by atoms with Crippen LogP contribution in [-0.4, -0.2) is 24.2 Å². The first kappa shape index (κ1) is 13.7. The van der Waals surface area contributed by atoms with Gasteiger partial charge >= 0.3 is 5.97 Å². The fourth-order valence-corrected chi connectivity index (χ4v) is 2.01. The largest absolute Gasteiger partial charge is 0.481 e. The molecule has 2 unspecified atom stereocenters. The van der Waals surface area contributed by atoms with Crippen molar-refractivity contribution in [3.8, 4) is 0 Å². The highest BCUT2D eigenvalue weighted by Crippen LogP contribution is 2.22. The fourth-order valence-electron chi connectivity index (χ4n) is 2.01. The molecule has 2 atom stereocenters. The van der Waals surface area contributed by atoms with Gasteiger partial charge in [0.2, 0.25) is 0 Å². The second kappa shape index (κ2) is 5.80. The van der Waals surface area contributed by atoms with Gasteiger partial charge < -0.3 is 16.2 Å². The van der Waals surface area contributed by atoms with Gasteiger partial charge in [-0.1, -0.05) is 23.8 Å². The Morgan fingerprint density at radius 1 is 1.47 bits per heavy atom. The van der Waals surface area contributed by atoms with Crippen molar-refractivity contribution in [2.75, 3.05) is 7.05 Å². The zero-order valence-electron chi connectivity index (χ0n) is 10.5. The Bertz CT molecular complexity index is 404. The lowest BCUT2D eigenvalue weighted by molar-refractivity contribution is -0.137. The molecule has 0 saturated heterocycles. The molecule has 1 rings (SSSR count). The molecule has 0 saturated carbocycles. The van der Waals surface area contributed by atoms with Gasteiger partial charge in [0, 0.05) is 12.1 Å². The van der Waals surface area contributed by atoms with Crippen LogP contribution in [-0.2, 0) is 4.79 Å². The number of nitrogens with two attached hydrogens (primary N) is 1. The van der Waals surface area contributed by atoms with E-state index in [0.29, 0.717) is 0 Å². The molecule has 0 aliphatic rings. The number of aliphatic carboxylic acids is 1. The van der Waals surface area contributed by atoms with Crippen LogP contribution in [0.25, 0.3) is 0 Å². The molecule has 0 aliphatic carbocycles. The Morgan fingerprint density at radius 3 is 2.65 bits per heavy atom. The lowest BCUT2D eigenvalue weighted by atomic mass is 9.93. The van der Waals surface area contributed by atoms with Crippen molar-refractivity contribution in [2.45, 2.75) is 32.4 Å². The Morgan fingerprint density at radius 2 is 2.12 bits per heavy atom. The maximum atomic E-state index is 10.7. The van der Waals surface area contributed by atoms with E-state index >= 15 is 0 Å². The maximum Gasteiger partial charge on any atom is 0.304 e. The fraction of sp³-hybridized carbons (Fsp3) is 0.462. The van der Waals surface area contributed by atoms with E-state index < -0.39 is 12.0 Å². The van der Waals surface area contributed by atoms with Crippen molar-refractivity contribution in [3.05, 3.63) is 34.9 Å². The molecule has 4 N–H and O–H groups in total. The van der Waals surface area contributed by atoms with Gasteiger partial charge in [0.05, 0.1) is 6.42 Å². The van der Waals surface area contributed by atoms with Gasteiger partial charge in [-0.25, -0.2) is 0 Å². The summed E-state index contributed by atoms with van der Waals surface area (Å²) in [4.78, 5) is 10.7. The molecule has 0 radical (unpaired) electrons. The summed E-state index contributed by atoms with van der Waals surface area (Å²) in [7, 11) is 1.80. The molecule has 1 aromatic carbocycles. The van der Waals surface area contributed by atoms with Crippen molar-refractivity contribution in [1.29, 1.82) is 0 Å². The van der Waals surface area contributed by atoms with Crippen LogP contribution >= 0.6 is 0 Å². The predicted molar refractivity (Wildman–Crippen MR) is 67.9 cm³/mol. The van der Waals surface area contributed by atoms with Gasteiger partial charge in [-0.05, 0) is 32.0 Å². The minimum absolute atomic E-state index is 0.0428. The predicted octanol–water partition coefficient (Wildman–Crippen LogP) is 1.37. The van der Waals surface area contributed by atoms with Crippen molar-refractivity contribution < 1.29 is 9.90 Å². The Labute approximate surface area is 102 Å². The Kier molecular flexibility index (Phi) is 4.66.